The van der Waals surface area contributed by atoms with E-state index >= 15 is 0 Å². The van der Waals surface area contributed by atoms with Crippen LogP contribution >= 0.6 is 0 Å². The Morgan fingerprint density at radius 1 is 1.05 bits per heavy atom. The second-order valence-corrected chi connectivity index (χ2v) is 5.14. The molecule has 0 saturated carbocycles. The minimum atomic E-state index is -0.168. The van der Waals surface area contributed by atoms with Crippen LogP contribution in [0.4, 0.5) is 10.1 Å². The minimum absolute atomic E-state index is 0.153. The maximum Gasteiger partial charge on any atom is 0.128 e. The van der Waals surface area contributed by atoms with Crippen LogP contribution in [-0.4, -0.2) is 0 Å². The number of benzene rings is 2. The van der Waals surface area contributed by atoms with E-state index in [-0.39, 0.29) is 11.9 Å². The number of aryl methyl sites for hydroxylation is 2. The van der Waals surface area contributed by atoms with Gasteiger partial charge in [-0.25, -0.2) is 4.39 Å². The summed E-state index contributed by atoms with van der Waals surface area (Å²) in [5.41, 5.74) is 5.27. The molecule has 0 spiro atoms. The average Bonchev–Trinajstić information content (AvgIpc) is 2.38. The zero-order valence-corrected chi connectivity index (χ0v) is 11.9. The molecule has 1 atom stereocenters. The first kappa shape index (κ1) is 13.6. The molecular weight excluding hydrogens is 237 g/mol. The van der Waals surface area contributed by atoms with Crippen molar-refractivity contribution in [3.63, 3.8) is 0 Å². The SMILES string of the molecule is Cc1ccc(C)c(C(C)Nc2cccc(F)c2C)c1. The highest BCUT2D eigenvalue weighted by atomic mass is 19.1. The van der Waals surface area contributed by atoms with E-state index in [0.717, 1.165) is 5.69 Å². The summed E-state index contributed by atoms with van der Waals surface area (Å²) < 4.78 is 13.5. The summed E-state index contributed by atoms with van der Waals surface area (Å²) in [4.78, 5) is 0. The fraction of sp³-hybridized carbons (Fsp3) is 0.294. The lowest BCUT2D eigenvalue weighted by Gasteiger charge is -2.20. The molecule has 0 saturated heterocycles. The van der Waals surface area contributed by atoms with E-state index in [1.807, 2.05) is 6.07 Å². The predicted octanol–water partition coefficient (Wildman–Crippen LogP) is 4.92. The van der Waals surface area contributed by atoms with Crippen LogP contribution in [0.2, 0.25) is 0 Å². The lowest BCUT2D eigenvalue weighted by molar-refractivity contribution is 0.618. The van der Waals surface area contributed by atoms with E-state index in [9.17, 15) is 4.39 Å². The van der Waals surface area contributed by atoms with Gasteiger partial charge in [-0.1, -0.05) is 29.8 Å². The van der Waals surface area contributed by atoms with E-state index in [0.29, 0.717) is 5.56 Å². The van der Waals surface area contributed by atoms with Crippen LogP contribution in [0.15, 0.2) is 36.4 Å². The third-order valence-corrected chi connectivity index (χ3v) is 3.54. The first-order chi connectivity index (χ1) is 8.99. The molecule has 0 aliphatic heterocycles. The molecule has 1 N–H and O–H groups in total. The Balaban J connectivity index is 2.28. The van der Waals surface area contributed by atoms with E-state index in [1.54, 1.807) is 13.0 Å². The van der Waals surface area contributed by atoms with Gasteiger partial charge < -0.3 is 5.32 Å². The number of hydrogen-bond acceptors (Lipinski definition) is 1. The molecule has 0 bridgehead atoms. The summed E-state index contributed by atoms with van der Waals surface area (Å²) in [5.74, 6) is -0.168. The van der Waals surface area contributed by atoms with Crippen LogP contribution < -0.4 is 5.32 Å². The van der Waals surface area contributed by atoms with Crippen molar-refractivity contribution in [3.8, 4) is 0 Å². The maximum atomic E-state index is 13.5. The highest BCUT2D eigenvalue weighted by Gasteiger charge is 2.11. The van der Waals surface area contributed by atoms with Crippen LogP contribution in [0, 0.1) is 26.6 Å². The van der Waals surface area contributed by atoms with Crippen molar-refractivity contribution in [1.29, 1.82) is 0 Å². The number of hydrogen-bond donors (Lipinski definition) is 1. The van der Waals surface area contributed by atoms with Gasteiger partial charge in [-0.05, 0) is 51.0 Å². The van der Waals surface area contributed by atoms with E-state index in [2.05, 4.69) is 44.3 Å². The van der Waals surface area contributed by atoms with Gasteiger partial charge in [0.25, 0.3) is 0 Å². The summed E-state index contributed by atoms with van der Waals surface area (Å²) in [6.45, 7) is 8.09. The summed E-state index contributed by atoms with van der Waals surface area (Å²) in [6, 6.07) is 11.7. The normalized spacial score (nSPS) is 12.3. The molecule has 0 aliphatic rings. The van der Waals surface area contributed by atoms with Crippen molar-refractivity contribution in [2.45, 2.75) is 33.7 Å². The molecule has 0 radical (unpaired) electrons. The Hall–Kier alpha value is -1.83. The Bertz CT molecular complexity index is 590. The molecule has 19 heavy (non-hydrogen) atoms. The summed E-state index contributed by atoms with van der Waals surface area (Å²) in [6.07, 6.45) is 0. The topological polar surface area (TPSA) is 12.0 Å². The molecule has 1 nitrogen and oxygen atoms in total. The van der Waals surface area contributed by atoms with Crippen molar-refractivity contribution in [3.05, 3.63) is 64.5 Å². The predicted molar refractivity (Wildman–Crippen MR) is 79.1 cm³/mol. The molecular formula is C17H20FN. The van der Waals surface area contributed by atoms with Gasteiger partial charge in [0.15, 0.2) is 0 Å². The fourth-order valence-corrected chi connectivity index (χ4v) is 2.30. The molecule has 2 aromatic rings. The Labute approximate surface area is 114 Å². The lowest BCUT2D eigenvalue weighted by Crippen LogP contribution is -2.10. The summed E-state index contributed by atoms with van der Waals surface area (Å²) in [7, 11) is 0. The second-order valence-electron chi connectivity index (χ2n) is 5.14. The standard InChI is InChI=1S/C17H20FN/c1-11-8-9-12(2)15(10-11)14(4)19-17-7-5-6-16(18)13(17)3/h5-10,14,19H,1-4H3. The van der Waals surface area contributed by atoms with Crippen LogP contribution in [0.1, 0.15) is 35.2 Å². The second kappa shape index (κ2) is 5.43. The first-order valence-corrected chi connectivity index (χ1v) is 6.58. The van der Waals surface area contributed by atoms with Crippen molar-refractivity contribution in [1.82, 2.24) is 0 Å². The summed E-state index contributed by atoms with van der Waals surface area (Å²) in [5, 5.41) is 3.40. The van der Waals surface area contributed by atoms with Crippen LogP contribution in [0.25, 0.3) is 0 Å². The van der Waals surface area contributed by atoms with Crippen molar-refractivity contribution in [2.75, 3.05) is 5.32 Å². The third-order valence-electron chi connectivity index (χ3n) is 3.54. The zero-order chi connectivity index (χ0) is 14.0. The van der Waals surface area contributed by atoms with Crippen LogP contribution in [-0.2, 0) is 0 Å². The highest BCUT2D eigenvalue weighted by Crippen LogP contribution is 2.26. The zero-order valence-electron chi connectivity index (χ0n) is 11.9. The molecule has 100 valence electrons. The van der Waals surface area contributed by atoms with Gasteiger partial charge in [0.1, 0.15) is 5.82 Å². The van der Waals surface area contributed by atoms with Crippen LogP contribution in [0.3, 0.4) is 0 Å². The van der Waals surface area contributed by atoms with Gasteiger partial charge in [0, 0.05) is 17.3 Å². The minimum Gasteiger partial charge on any atom is -0.378 e. The van der Waals surface area contributed by atoms with Crippen molar-refractivity contribution >= 4 is 5.69 Å². The van der Waals surface area contributed by atoms with E-state index in [4.69, 9.17) is 0 Å². The Kier molecular flexibility index (Phi) is 3.89. The summed E-state index contributed by atoms with van der Waals surface area (Å²) >= 11 is 0. The molecule has 0 aliphatic carbocycles. The van der Waals surface area contributed by atoms with Crippen LogP contribution in [0.5, 0.6) is 0 Å². The molecule has 0 heterocycles. The van der Waals surface area contributed by atoms with Gasteiger partial charge in [-0.3, -0.25) is 0 Å². The van der Waals surface area contributed by atoms with E-state index in [1.165, 1.54) is 22.8 Å². The van der Waals surface area contributed by atoms with Crippen molar-refractivity contribution < 1.29 is 4.39 Å². The molecule has 0 fully saturated rings. The van der Waals surface area contributed by atoms with Gasteiger partial charge in [-0.2, -0.15) is 0 Å². The number of rotatable bonds is 3. The quantitative estimate of drug-likeness (QED) is 0.822. The average molecular weight is 257 g/mol. The first-order valence-electron chi connectivity index (χ1n) is 6.58. The van der Waals surface area contributed by atoms with Gasteiger partial charge in [0.05, 0.1) is 0 Å². The van der Waals surface area contributed by atoms with Gasteiger partial charge in [0.2, 0.25) is 0 Å². The Morgan fingerprint density at radius 2 is 1.79 bits per heavy atom. The van der Waals surface area contributed by atoms with E-state index < -0.39 is 0 Å². The third kappa shape index (κ3) is 2.95. The number of nitrogens with one attached hydrogen (secondary N) is 1. The highest BCUT2D eigenvalue weighted by molar-refractivity contribution is 5.53. The molecule has 2 heteroatoms. The maximum absolute atomic E-state index is 13.5. The number of anilines is 1. The lowest BCUT2D eigenvalue weighted by atomic mass is 9.99. The van der Waals surface area contributed by atoms with Crippen molar-refractivity contribution in [2.24, 2.45) is 0 Å². The van der Waals surface area contributed by atoms with Gasteiger partial charge >= 0.3 is 0 Å². The molecule has 1 unspecified atom stereocenters. The molecule has 0 amide bonds. The smallest absolute Gasteiger partial charge is 0.128 e. The Morgan fingerprint density at radius 3 is 2.53 bits per heavy atom. The molecule has 0 aromatic heterocycles. The molecule has 2 aromatic carbocycles. The largest absolute Gasteiger partial charge is 0.378 e. The monoisotopic (exact) mass is 257 g/mol. The fourth-order valence-electron chi connectivity index (χ4n) is 2.30. The number of halogens is 1. The van der Waals surface area contributed by atoms with Gasteiger partial charge in [-0.15, -0.1) is 0 Å². The molecule has 2 rings (SSSR count).